The minimum Gasteiger partial charge on any atom is -0.356 e. The first-order chi connectivity index (χ1) is 14.6. The van der Waals surface area contributed by atoms with Crippen LogP contribution in [0.15, 0.2) is 29.6 Å². The lowest BCUT2D eigenvalue weighted by Gasteiger charge is -2.28. The van der Waals surface area contributed by atoms with Crippen LogP contribution >= 0.6 is 35.0 Å². The minimum atomic E-state index is -0.271. The van der Waals surface area contributed by atoms with Gasteiger partial charge in [-0.2, -0.15) is 5.10 Å². The van der Waals surface area contributed by atoms with Gasteiger partial charge in [0, 0.05) is 24.7 Å². The molecule has 0 spiro atoms. The van der Waals surface area contributed by atoms with Crippen molar-refractivity contribution in [2.24, 2.45) is 0 Å². The van der Waals surface area contributed by atoms with E-state index in [2.05, 4.69) is 20.3 Å². The number of nitrogens with zero attached hydrogens (tertiary/aromatic N) is 5. The van der Waals surface area contributed by atoms with Gasteiger partial charge in [0.15, 0.2) is 10.8 Å². The molecule has 0 bridgehead atoms. The third-order valence-electron chi connectivity index (χ3n) is 5.08. The zero-order valence-corrected chi connectivity index (χ0v) is 18.9. The summed E-state index contributed by atoms with van der Waals surface area (Å²) in [6.45, 7) is 2.87. The molecule has 158 valence electrons. The van der Waals surface area contributed by atoms with Gasteiger partial charge in [-0.05, 0) is 43.7 Å². The molecule has 0 radical (unpaired) electrons. The molecule has 3 heterocycles. The van der Waals surface area contributed by atoms with Gasteiger partial charge >= 0.3 is 0 Å². The molecule has 4 rings (SSSR count). The van der Waals surface area contributed by atoms with Crippen molar-refractivity contribution in [1.29, 1.82) is 0 Å². The Morgan fingerprint density at radius 1 is 1.20 bits per heavy atom. The summed E-state index contributed by atoms with van der Waals surface area (Å²) in [4.78, 5) is 24.2. The van der Waals surface area contributed by atoms with Crippen LogP contribution < -0.4 is 10.2 Å². The lowest BCUT2D eigenvalue weighted by Crippen LogP contribution is -2.30. The van der Waals surface area contributed by atoms with Crippen molar-refractivity contribution in [3.05, 3.63) is 40.0 Å². The second kappa shape index (κ2) is 9.41. The number of thioether (sulfide) groups is 1. The smallest absolute Gasteiger partial charge is 0.252 e. The fourth-order valence-electron chi connectivity index (χ4n) is 3.56. The third kappa shape index (κ3) is 4.50. The predicted molar refractivity (Wildman–Crippen MR) is 122 cm³/mol. The minimum absolute atomic E-state index is 0.271. The Labute approximate surface area is 189 Å². The van der Waals surface area contributed by atoms with Gasteiger partial charge in [0.05, 0.1) is 28.7 Å². The van der Waals surface area contributed by atoms with Crippen LogP contribution in [0.1, 0.15) is 29.6 Å². The molecule has 1 N–H and O–H groups in total. The number of anilines is 1. The zero-order valence-electron chi connectivity index (χ0n) is 16.6. The maximum absolute atomic E-state index is 12.5. The number of fused-ring (bicyclic) bond motifs is 1. The van der Waals surface area contributed by atoms with E-state index < -0.39 is 0 Å². The summed E-state index contributed by atoms with van der Waals surface area (Å²) in [7, 11) is 0. The maximum Gasteiger partial charge on any atom is 0.252 e. The molecule has 7 nitrogen and oxygen atoms in total. The first-order valence-corrected chi connectivity index (χ1v) is 11.8. The highest BCUT2D eigenvalue weighted by Crippen LogP contribution is 2.28. The van der Waals surface area contributed by atoms with Crippen molar-refractivity contribution in [2.45, 2.75) is 31.0 Å². The molecule has 1 aliphatic rings. The zero-order chi connectivity index (χ0) is 21.1. The Morgan fingerprint density at radius 3 is 2.77 bits per heavy atom. The van der Waals surface area contributed by atoms with E-state index in [1.807, 2.05) is 17.1 Å². The van der Waals surface area contributed by atoms with Gasteiger partial charge in [-0.1, -0.05) is 35.0 Å². The van der Waals surface area contributed by atoms with Crippen molar-refractivity contribution in [3.63, 3.8) is 0 Å². The number of hydrogen-bond donors (Lipinski definition) is 1. The highest BCUT2D eigenvalue weighted by molar-refractivity contribution is 7.98. The molecule has 0 aliphatic carbocycles. The summed E-state index contributed by atoms with van der Waals surface area (Å²) < 4.78 is 1.81. The fourth-order valence-corrected chi connectivity index (χ4v) is 4.30. The topological polar surface area (TPSA) is 75.9 Å². The number of benzene rings is 1. The average molecular weight is 465 g/mol. The van der Waals surface area contributed by atoms with E-state index in [1.165, 1.54) is 31.0 Å². The van der Waals surface area contributed by atoms with Gasteiger partial charge in [-0.15, -0.1) is 0 Å². The molecule has 0 saturated carbocycles. The van der Waals surface area contributed by atoms with Gasteiger partial charge in [-0.25, -0.2) is 14.6 Å². The van der Waals surface area contributed by atoms with Gasteiger partial charge in [0.1, 0.15) is 5.82 Å². The van der Waals surface area contributed by atoms with E-state index in [0.29, 0.717) is 28.7 Å². The molecule has 1 aromatic carbocycles. The van der Waals surface area contributed by atoms with Crippen LogP contribution in [0.5, 0.6) is 0 Å². The van der Waals surface area contributed by atoms with Crippen molar-refractivity contribution < 1.29 is 4.79 Å². The molecular weight excluding hydrogens is 443 g/mol. The van der Waals surface area contributed by atoms with Crippen molar-refractivity contribution in [1.82, 2.24) is 25.1 Å². The summed E-state index contributed by atoms with van der Waals surface area (Å²) >= 11 is 13.6. The highest BCUT2D eigenvalue weighted by Gasteiger charge is 2.20. The first-order valence-electron chi connectivity index (χ1n) is 9.82. The van der Waals surface area contributed by atoms with E-state index in [1.54, 1.807) is 18.2 Å². The largest absolute Gasteiger partial charge is 0.356 e. The summed E-state index contributed by atoms with van der Waals surface area (Å²) in [5.41, 5.74) is 1.14. The summed E-state index contributed by atoms with van der Waals surface area (Å²) in [6.07, 6.45) is 7.39. The van der Waals surface area contributed by atoms with Crippen molar-refractivity contribution in [2.75, 3.05) is 30.8 Å². The molecule has 1 saturated heterocycles. The van der Waals surface area contributed by atoms with Crippen LogP contribution in [-0.2, 0) is 6.54 Å². The Morgan fingerprint density at radius 2 is 2.00 bits per heavy atom. The molecule has 3 aromatic rings. The van der Waals surface area contributed by atoms with E-state index >= 15 is 0 Å². The first kappa shape index (κ1) is 21.2. The number of amides is 1. The SMILES string of the molecule is CSc1nc(N2CCCCC2)c2cnn(CCNC(=O)c3cc(Cl)ccc3Cl)c2n1. The molecule has 1 amide bonds. The lowest BCUT2D eigenvalue weighted by molar-refractivity contribution is 0.0952. The quantitative estimate of drug-likeness (QED) is 0.433. The van der Waals surface area contributed by atoms with Crippen molar-refractivity contribution in [3.8, 4) is 0 Å². The Balaban J connectivity index is 1.52. The average Bonchev–Trinajstić information content (AvgIpc) is 3.18. The number of carbonyl (C=O) groups is 1. The number of rotatable bonds is 6. The molecule has 1 aliphatic heterocycles. The van der Waals surface area contributed by atoms with E-state index in [9.17, 15) is 4.79 Å². The van der Waals surface area contributed by atoms with Gasteiger partial charge in [-0.3, -0.25) is 4.79 Å². The second-order valence-electron chi connectivity index (χ2n) is 7.07. The Hall–Kier alpha value is -2.03. The van der Waals surface area contributed by atoms with E-state index in [0.717, 1.165) is 35.1 Å². The van der Waals surface area contributed by atoms with Crippen LogP contribution in [0.25, 0.3) is 11.0 Å². The van der Waals surface area contributed by atoms with Crippen LogP contribution in [0.3, 0.4) is 0 Å². The fraction of sp³-hybridized carbons (Fsp3) is 0.400. The van der Waals surface area contributed by atoms with Gasteiger partial charge in [0.25, 0.3) is 5.91 Å². The molecule has 30 heavy (non-hydrogen) atoms. The summed E-state index contributed by atoms with van der Waals surface area (Å²) in [5.74, 6) is 0.678. The van der Waals surface area contributed by atoms with Crippen molar-refractivity contribution >= 4 is 57.7 Å². The van der Waals surface area contributed by atoms with Crippen LogP contribution in [0.2, 0.25) is 10.0 Å². The van der Waals surface area contributed by atoms with Crippen LogP contribution in [0, 0.1) is 0 Å². The molecule has 2 aromatic heterocycles. The molecule has 0 atom stereocenters. The highest BCUT2D eigenvalue weighted by atomic mass is 35.5. The molecule has 10 heteroatoms. The number of halogens is 2. The number of piperidine rings is 1. The van der Waals surface area contributed by atoms with Crippen LogP contribution in [0.4, 0.5) is 5.82 Å². The number of carbonyl (C=O) groups excluding carboxylic acids is 1. The van der Waals surface area contributed by atoms with Gasteiger partial charge in [0.2, 0.25) is 0 Å². The number of nitrogens with one attached hydrogen (secondary N) is 1. The molecular formula is C20H22Cl2N6OS. The van der Waals surface area contributed by atoms with E-state index in [4.69, 9.17) is 28.2 Å². The monoisotopic (exact) mass is 464 g/mol. The standard InChI is InChI=1S/C20H22Cl2N6OS/c1-30-20-25-17(27-8-3-2-4-9-27)15-12-24-28(18(15)26-20)10-7-23-19(29)14-11-13(21)5-6-16(14)22/h5-6,11-12H,2-4,7-10H2,1H3,(H,23,29). The number of hydrogen-bond acceptors (Lipinski definition) is 6. The Bertz CT molecular complexity index is 1070. The summed E-state index contributed by atoms with van der Waals surface area (Å²) in [5, 5.41) is 9.88. The molecule has 1 fully saturated rings. The predicted octanol–water partition coefficient (Wildman–Crippen LogP) is 4.28. The van der Waals surface area contributed by atoms with Gasteiger partial charge < -0.3 is 10.2 Å². The normalized spacial score (nSPS) is 14.3. The summed E-state index contributed by atoms with van der Waals surface area (Å²) in [6, 6.07) is 4.83. The molecule has 0 unspecified atom stereocenters. The van der Waals surface area contributed by atoms with Crippen LogP contribution in [-0.4, -0.2) is 51.5 Å². The number of aromatic nitrogens is 4. The lowest BCUT2D eigenvalue weighted by atomic mass is 10.1. The second-order valence-corrected chi connectivity index (χ2v) is 8.68. The Kier molecular flexibility index (Phi) is 6.65. The maximum atomic E-state index is 12.5. The third-order valence-corrected chi connectivity index (χ3v) is 6.19. The van der Waals surface area contributed by atoms with E-state index in [-0.39, 0.29) is 5.91 Å².